The highest BCUT2D eigenvalue weighted by atomic mass is 16.1. The Balaban J connectivity index is 5.11. The number of carbonyl (C=O) groups is 1. The first-order valence-electron chi connectivity index (χ1n) is 6.73. The van der Waals surface area contributed by atoms with Crippen molar-refractivity contribution in [1.29, 1.82) is 0 Å². The van der Waals surface area contributed by atoms with Crippen LogP contribution in [0.4, 0.5) is 0 Å². The molecule has 0 spiro atoms. The molecule has 0 amide bonds. The van der Waals surface area contributed by atoms with Gasteiger partial charge in [0.25, 0.3) is 0 Å². The van der Waals surface area contributed by atoms with Gasteiger partial charge in [-0.3, -0.25) is 4.79 Å². The van der Waals surface area contributed by atoms with Gasteiger partial charge in [0.2, 0.25) is 0 Å². The minimum Gasteiger partial charge on any atom is -0.295 e. The minimum atomic E-state index is 0.129. The van der Waals surface area contributed by atoms with Crippen LogP contribution in [0.3, 0.4) is 0 Å². The molecule has 0 aromatic heterocycles. The van der Waals surface area contributed by atoms with Gasteiger partial charge in [-0.05, 0) is 44.3 Å². The molecule has 0 fully saturated rings. The van der Waals surface area contributed by atoms with Gasteiger partial charge in [0.15, 0.2) is 5.78 Å². The van der Waals surface area contributed by atoms with Gasteiger partial charge in [-0.15, -0.1) is 0 Å². The number of ketones is 1. The number of Topliss-reactive ketones (excluding diaryl/α,β-unsaturated/α-hetero) is 1. The first-order chi connectivity index (χ1) is 8.90. The van der Waals surface area contributed by atoms with E-state index in [0.717, 1.165) is 12.0 Å². The summed E-state index contributed by atoms with van der Waals surface area (Å²) in [5.74, 6) is 0.618. The summed E-state index contributed by atoms with van der Waals surface area (Å²) in [4.78, 5) is 11.4. The average molecular weight is 258 g/mol. The van der Waals surface area contributed by atoms with Crippen LogP contribution in [0.25, 0.3) is 0 Å². The Morgan fingerprint density at radius 1 is 1.11 bits per heavy atom. The maximum atomic E-state index is 11.4. The number of hydrogen-bond acceptors (Lipinski definition) is 1. The molecule has 0 saturated carbocycles. The molecule has 19 heavy (non-hydrogen) atoms. The van der Waals surface area contributed by atoms with Crippen LogP contribution in [-0.4, -0.2) is 5.78 Å². The third kappa shape index (κ3) is 7.40. The van der Waals surface area contributed by atoms with E-state index in [-0.39, 0.29) is 5.78 Å². The van der Waals surface area contributed by atoms with Crippen molar-refractivity contribution < 1.29 is 4.79 Å². The molecule has 0 aliphatic heterocycles. The van der Waals surface area contributed by atoms with Crippen LogP contribution in [0.2, 0.25) is 0 Å². The molecule has 0 unspecified atom stereocenters. The van der Waals surface area contributed by atoms with Gasteiger partial charge < -0.3 is 0 Å². The fourth-order valence-corrected chi connectivity index (χ4v) is 1.48. The smallest absolute Gasteiger partial charge is 0.155 e. The van der Waals surface area contributed by atoms with Gasteiger partial charge >= 0.3 is 0 Å². The van der Waals surface area contributed by atoms with Crippen LogP contribution in [0.5, 0.6) is 0 Å². The van der Waals surface area contributed by atoms with E-state index in [1.54, 1.807) is 13.0 Å². The molecule has 0 saturated heterocycles. The lowest BCUT2D eigenvalue weighted by atomic mass is 9.94. The van der Waals surface area contributed by atoms with E-state index in [4.69, 9.17) is 0 Å². The van der Waals surface area contributed by atoms with Crippen LogP contribution < -0.4 is 0 Å². The van der Waals surface area contributed by atoms with Crippen molar-refractivity contribution >= 4 is 5.78 Å². The van der Waals surface area contributed by atoms with E-state index in [1.807, 2.05) is 31.2 Å². The van der Waals surface area contributed by atoms with Crippen molar-refractivity contribution in [1.82, 2.24) is 0 Å². The predicted molar refractivity (Wildman–Crippen MR) is 85.1 cm³/mol. The summed E-state index contributed by atoms with van der Waals surface area (Å²) in [6.45, 7) is 13.6. The molecule has 0 atom stereocenters. The summed E-state index contributed by atoms with van der Waals surface area (Å²) in [5, 5.41) is 0. The van der Waals surface area contributed by atoms with E-state index in [0.29, 0.717) is 5.92 Å². The summed E-state index contributed by atoms with van der Waals surface area (Å²) in [6, 6.07) is 0. The van der Waals surface area contributed by atoms with Crippen molar-refractivity contribution in [3.05, 3.63) is 59.8 Å². The third-order valence-electron chi connectivity index (χ3n) is 3.15. The molecular weight excluding hydrogens is 232 g/mol. The van der Waals surface area contributed by atoms with Gasteiger partial charge in [0, 0.05) is 0 Å². The monoisotopic (exact) mass is 258 g/mol. The highest BCUT2D eigenvalue weighted by Gasteiger charge is 2.05. The fraction of sp³-hybridized carbons (Fsp3) is 0.389. The van der Waals surface area contributed by atoms with Crippen LogP contribution in [0.15, 0.2) is 59.8 Å². The topological polar surface area (TPSA) is 17.1 Å². The molecule has 1 heteroatoms. The fourth-order valence-electron chi connectivity index (χ4n) is 1.48. The Hall–Kier alpha value is -1.63. The largest absolute Gasteiger partial charge is 0.295 e. The zero-order valence-electron chi connectivity index (χ0n) is 12.9. The Kier molecular flexibility index (Phi) is 8.52. The van der Waals surface area contributed by atoms with Gasteiger partial charge in [0.1, 0.15) is 0 Å². The van der Waals surface area contributed by atoms with Gasteiger partial charge in [-0.25, -0.2) is 0 Å². The Morgan fingerprint density at radius 3 is 2.21 bits per heavy atom. The van der Waals surface area contributed by atoms with Crippen molar-refractivity contribution in [3.8, 4) is 0 Å². The Morgan fingerprint density at radius 2 is 1.74 bits per heavy atom. The summed E-state index contributed by atoms with van der Waals surface area (Å²) < 4.78 is 0. The zero-order valence-corrected chi connectivity index (χ0v) is 12.9. The SMILES string of the molecule is C=C/C=C\C=C/CC(/C=C(\C)C(C)=O)=C(/C)C(C)C. The molecular formula is C18H26O. The van der Waals surface area contributed by atoms with E-state index in [9.17, 15) is 4.79 Å². The minimum absolute atomic E-state index is 0.129. The molecule has 1 nitrogen and oxygen atoms in total. The molecule has 0 aliphatic rings. The molecule has 0 radical (unpaired) electrons. The van der Waals surface area contributed by atoms with Crippen molar-refractivity contribution in [2.24, 2.45) is 5.92 Å². The van der Waals surface area contributed by atoms with E-state index >= 15 is 0 Å². The molecule has 0 bridgehead atoms. The first-order valence-corrected chi connectivity index (χ1v) is 6.73. The second-order valence-electron chi connectivity index (χ2n) is 5.00. The summed E-state index contributed by atoms with van der Waals surface area (Å²) in [7, 11) is 0. The molecule has 0 rings (SSSR count). The zero-order chi connectivity index (χ0) is 14.8. The lowest BCUT2D eigenvalue weighted by Crippen LogP contribution is -1.97. The van der Waals surface area contributed by atoms with Gasteiger partial charge in [-0.2, -0.15) is 0 Å². The number of hydrogen-bond donors (Lipinski definition) is 0. The third-order valence-corrected chi connectivity index (χ3v) is 3.15. The Labute approximate surface area is 118 Å². The van der Waals surface area contributed by atoms with Gasteiger partial charge in [-0.1, -0.05) is 62.5 Å². The normalized spacial score (nSPS) is 14.3. The van der Waals surface area contributed by atoms with Crippen molar-refractivity contribution in [3.63, 3.8) is 0 Å². The maximum Gasteiger partial charge on any atom is 0.155 e. The van der Waals surface area contributed by atoms with Crippen LogP contribution in [-0.2, 0) is 4.79 Å². The lowest BCUT2D eigenvalue weighted by molar-refractivity contribution is -0.113. The quantitative estimate of drug-likeness (QED) is 0.454. The average Bonchev–Trinajstić information content (AvgIpc) is 2.35. The molecule has 0 aliphatic carbocycles. The number of rotatable bonds is 7. The highest BCUT2D eigenvalue weighted by molar-refractivity contribution is 5.93. The first kappa shape index (κ1) is 17.4. The summed E-state index contributed by atoms with van der Waals surface area (Å²) in [5.41, 5.74) is 3.37. The van der Waals surface area contributed by atoms with E-state index in [2.05, 4.69) is 33.4 Å². The lowest BCUT2D eigenvalue weighted by Gasteiger charge is -2.11. The van der Waals surface area contributed by atoms with Gasteiger partial charge in [0.05, 0.1) is 0 Å². The predicted octanol–water partition coefficient (Wildman–Crippen LogP) is 5.18. The molecule has 0 aromatic rings. The van der Waals surface area contributed by atoms with Crippen LogP contribution in [0.1, 0.15) is 41.0 Å². The van der Waals surface area contributed by atoms with Crippen LogP contribution >= 0.6 is 0 Å². The summed E-state index contributed by atoms with van der Waals surface area (Å²) >= 11 is 0. The molecule has 0 aromatic carbocycles. The second-order valence-corrected chi connectivity index (χ2v) is 5.00. The molecule has 104 valence electrons. The van der Waals surface area contributed by atoms with E-state index < -0.39 is 0 Å². The summed E-state index contributed by atoms with van der Waals surface area (Å²) in [6.07, 6.45) is 12.6. The van der Waals surface area contributed by atoms with Crippen LogP contribution in [0, 0.1) is 5.92 Å². The standard InChI is InChI=1S/C18H26O/c1-7-8-9-10-11-12-18(16(5)14(2)3)13-15(4)17(6)19/h7-11,13-14H,1,12H2,2-6H3/b9-8-,11-10-,15-13+,18-16+. The Bertz CT molecular complexity index is 429. The number of allylic oxidation sites excluding steroid dienone is 9. The second kappa shape index (κ2) is 9.32. The molecule has 0 N–H and O–H groups in total. The maximum absolute atomic E-state index is 11.4. The molecule has 0 heterocycles. The van der Waals surface area contributed by atoms with E-state index in [1.165, 1.54) is 11.1 Å². The van der Waals surface area contributed by atoms with Crippen molar-refractivity contribution in [2.75, 3.05) is 0 Å². The highest BCUT2D eigenvalue weighted by Crippen LogP contribution is 2.20. The number of carbonyl (C=O) groups excluding carboxylic acids is 1. The van der Waals surface area contributed by atoms with Crippen molar-refractivity contribution in [2.45, 2.75) is 41.0 Å².